The van der Waals surface area contributed by atoms with Gasteiger partial charge in [-0.3, -0.25) is 18.9 Å². The lowest BCUT2D eigenvalue weighted by Crippen LogP contribution is -2.31. The third-order valence-corrected chi connectivity index (χ3v) is 6.89. The van der Waals surface area contributed by atoms with Crippen molar-refractivity contribution in [3.05, 3.63) is 54.6 Å². The van der Waals surface area contributed by atoms with Crippen molar-refractivity contribution in [2.75, 3.05) is 25.6 Å². The molecule has 14 nitrogen and oxygen atoms in total. The first-order valence-corrected chi connectivity index (χ1v) is 13.3. The lowest BCUT2D eigenvalue weighted by molar-refractivity contribution is -0.132. The molecule has 15 heteroatoms. The number of carbonyl (C=O) groups is 1. The van der Waals surface area contributed by atoms with Crippen molar-refractivity contribution in [3.8, 4) is 0 Å². The van der Waals surface area contributed by atoms with E-state index in [4.69, 9.17) is 18.7 Å². The molecule has 6 atom stereocenters. The summed E-state index contributed by atoms with van der Waals surface area (Å²) in [6.45, 7) is 1.95. The van der Waals surface area contributed by atoms with Crippen molar-refractivity contribution >= 4 is 36.9 Å². The number of ether oxygens (including phenoxy) is 3. The number of carbonyl (C=O) groups excluding carboxylic acids is 1. The van der Waals surface area contributed by atoms with Crippen LogP contribution in [0.2, 0.25) is 0 Å². The van der Waals surface area contributed by atoms with Crippen molar-refractivity contribution in [3.63, 3.8) is 0 Å². The third-order valence-electron chi connectivity index (χ3n) is 5.95. The predicted octanol–water partition coefficient (Wildman–Crippen LogP) is 2.45. The predicted molar refractivity (Wildman–Crippen MR) is 134 cm³/mol. The van der Waals surface area contributed by atoms with Gasteiger partial charge in [-0.2, -0.15) is 0 Å². The number of hydrogen-bond donors (Lipinski definition) is 3. The Morgan fingerprint density at radius 2 is 1.97 bits per heavy atom. The highest BCUT2D eigenvalue weighted by Gasteiger charge is 2.54. The number of fused-ring (bicyclic) bond motifs is 2. The molecule has 1 aromatic carbocycles. The molecule has 4 heterocycles. The largest absolute Gasteiger partial charge is 0.472 e. The van der Waals surface area contributed by atoms with E-state index in [-0.39, 0.29) is 12.4 Å². The Kier molecular flexibility index (Phi) is 7.81. The number of aromatic nitrogens is 4. The van der Waals surface area contributed by atoms with Gasteiger partial charge in [0.1, 0.15) is 24.6 Å². The van der Waals surface area contributed by atoms with Gasteiger partial charge in [-0.15, -0.1) is 0 Å². The van der Waals surface area contributed by atoms with Crippen LogP contribution >= 0.6 is 7.82 Å². The van der Waals surface area contributed by atoms with Gasteiger partial charge in [-0.25, -0.2) is 24.3 Å². The third kappa shape index (κ3) is 5.61. The molecule has 2 fully saturated rings. The minimum atomic E-state index is -4.25. The molecule has 2 aliphatic heterocycles. The van der Waals surface area contributed by atoms with Crippen LogP contribution in [0.25, 0.3) is 17.2 Å². The second-order valence-corrected chi connectivity index (χ2v) is 9.94. The molecular weight excluding hydrogens is 519 g/mol. The molecule has 5 rings (SSSR count). The van der Waals surface area contributed by atoms with E-state index in [0.717, 1.165) is 12.7 Å². The van der Waals surface area contributed by atoms with E-state index in [9.17, 15) is 14.3 Å². The number of amides is 2. The summed E-state index contributed by atoms with van der Waals surface area (Å²) in [6, 6.07) is 9.23. The maximum Gasteiger partial charge on any atom is 0.472 e. The number of hydrogen-bond acceptors (Lipinski definition) is 10. The monoisotopic (exact) mass is 546 g/mol. The first kappa shape index (κ1) is 26.4. The summed E-state index contributed by atoms with van der Waals surface area (Å²) in [5, 5.41) is 5.29. The number of urea groups is 1. The highest BCUT2D eigenvalue weighted by molar-refractivity contribution is 7.47. The molecule has 0 aliphatic carbocycles. The number of anilines is 1. The Balaban J connectivity index is 1.41. The van der Waals surface area contributed by atoms with E-state index < -0.39 is 44.7 Å². The zero-order valence-electron chi connectivity index (χ0n) is 20.5. The lowest BCUT2D eigenvalue weighted by atomic mass is 10.1. The highest BCUT2D eigenvalue weighted by Crippen LogP contribution is 2.45. The average Bonchev–Trinajstić information content (AvgIpc) is 3.61. The fourth-order valence-corrected chi connectivity index (χ4v) is 4.66. The summed E-state index contributed by atoms with van der Waals surface area (Å²) in [5.74, 6) is 0.225. The van der Waals surface area contributed by atoms with Crippen molar-refractivity contribution < 1.29 is 37.5 Å². The number of nitrogens with one attached hydrogen (secondary N) is 2. The number of rotatable bonds is 9. The van der Waals surface area contributed by atoms with Crippen molar-refractivity contribution in [2.24, 2.45) is 0 Å². The summed E-state index contributed by atoms with van der Waals surface area (Å²) >= 11 is 0. The van der Waals surface area contributed by atoms with Gasteiger partial charge in [-0.1, -0.05) is 36.4 Å². The van der Waals surface area contributed by atoms with Gasteiger partial charge in [0.05, 0.1) is 12.9 Å². The van der Waals surface area contributed by atoms with Gasteiger partial charge in [0.15, 0.2) is 29.5 Å². The zero-order valence-corrected chi connectivity index (χ0v) is 21.4. The van der Waals surface area contributed by atoms with E-state index in [0.29, 0.717) is 17.7 Å². The molecule has 202 valence electrons. The minimum Gasteiger partial charge on any atom is -0.347 e. The van der Waals surface area contributed by atoms with Gasteiger partial charge >= 0.3 is 13.9 Å². The maximum atomic E-state index is 12.0. The van der Waals surface area contributed by atoms with Crippen LogP contribution in [0.4, 0.5) is 10.6 Å². The second kappa shape index (κ2) is 11.3. The standard InChI is InChI=1S/C23H27N6O8P/c1-3-24-23(30)28-20-17-21(26-12-25-20)29(13-27-17)22-19-18(15(35-22)11-34-38(31,32)33-2)36-16(37-19)10-9-14-7-5-4-6-8-14/h4-10,12-13,15-16,18-19,22H,3,11H2,1-2H3,(H,31,32)(H2,24,25,26,28,30)/t15-,16+,18?,19+,22-/m1/s1. The second-order valence-electron chi connectivity index (χ2n) is 8.38. The Morgan fingerprint density at radius 3 is 2.74 bits per heavy atom. The van der Waals surface area contributed by atoms with E-state index >= 15 is 0 Å². The maximum absolute atomic E-state index is 12.0. The topological polar surface area (TPSA) is 168 Å². The number of nitrogens with zero attached hydrogens (tertiary/aromatic N) is 4. The van der Waals surface area contributed by atoms with E-state index in [1.54, 1.807) is 17.6 Å². The molecule has 2 aliphatic rings. The van der Waals surface area contributed by atoms with E-state index in [2.05, 4.69) is 30.1 Å². The van der Waals surface area contributed by atoms with Gasteiger partial charge in [0.2, 0.25) is 0 Å². The summed E-state index contributed by atoms with van der Waals surface area (Å²) < 4.78 is 41.6. The fraction of sp³-hybridized carbons (Fsp3) is 0.391. The molecule has 3 aromatic rings. The molecule has 0 spiro atoms. The van der Waals surface area contributed by atoms with Gasteiger partial charge < -0.3 is 24.4 Å². The van der Waals surface area contributed by atoms with Crippen LogP contribution in [-0.2, 0) is 27.8 Å². The Morgan fingerprint density at radius 1 is 1.18 bits per heavy atom. The molecule has 38 heavy (non-hydrogen) atoms. The molecule has 2 unspecified atom stereocenters. The zero-order chi connectivity index (χ0) is 26.7. The number of benzene rings is 1. The Labute approximate surface area is 217 Å². The molecular formula is C23H27N6O8P. The average molecular weight is 546 g/mol. The van der Waals surface area contributed by atoms with Gasteiger partial charge in [0.25, 0.3) is 0 Å². The van der Waals surface area contributed by atoms with Crippen molar-refractivity contribution in [2.45, 2.75) is 37.8 Å². The molecule has 0 saturated carbocycles. The normalized spacial score (nSPS) is 26.4. The molecule has 0 radical (unpaired) electrons. The smallest absolute Gasteiger partial charge is 0.347 e. The molecule has 2 amide bonds. The highest BCUT2D eigenvalue weighted by atomic mass is 31.2. The molecule has 2 saturated heterocycles. The molecule has 2 aromatic heterocycles. The first-order chi connectivity index (χ1) is 18.4. The first-order valence-electron chi connectivity index (χ1n) is 11.8. The van der Waals surface area contributed by atoms with Crippen LogP contribution in [0.1, 0.15) is 18.7 Å². The summed E-state index contributed by atoms with van der Waals surface area (Å²) in [4.78, 5) is 34.6. The van der Waals surface area contributed by atoms with Gasteiger partial charge in [0, 0.05) is 13.7 Å². The minimum absolute atomic E-state index is 0.225. The SMILES string of the molecule is CCNC(=O)Nc1ncnc2c1ncn2[C@@H]1O[C@H](COP(=O)(O)OC)C2O[C@H](C=Cc3ccccc3)O[C@@H]21. The Bertz CT molecular complexity index is 1350. The van der Waals surface area contributed by atoms with E-state index in [1.807, 2.05) is 36.4 Å². The quantitative estimate of drug-likeness (QED) is 0.337. The van der Waals surface area contributed by atoms with E-state index in [1.165, 1.54) is 12.7 Å². The Hall–Kier alpha value is -3.23. The van der Waals surface area contributed by atoms with Crippen molar-refractivity contribution in [1.82, 2.24) is 24.8 Å². The number of imidazole rings is 1. The van der Waals surface area contributed by atoms with Gasteiger partial charge in [-0.05, 0) is 18.6 Å². The van der Waals surface area contributed by atoms with Crippen LogP contribution < -0.4 is 10.6 Å². The summed E-state index contributed by atoms with van der Waals surface area (Å²) in [6.07, 6.45) is 2.90. The van der Waals surface area contributed by atoms with Crippen LogP contribution in [0.15, 0.2) is 49.1 Å². The summed E-state index contributed by atoms with van der Waals surface area (Å²) in [5.41, 5.74) is 1.70. The summed E-state index contributed by atoms with van der Waals surface area (Å²) in [7, 11) is -3.18. The number of phosphoric ester groups is 1. The lowest BCUT2D eigenvalue weighted by Gasteiger charge is -2.20. The van der Waals surface area contributed by atoms with Crippen LogP contribution in [0.5, 0.6) is 0 Å². The van der Waals surface area contributed by atoms with Crippen LogP contribution in [-0.4, -0.2) is 75.3 Å². The van der Waals surface area contributed by atoms with Crippen LogP contribution in [0, 0.1) is 0 Å². The number of phosphoric acid groups is 1. The van der Waals surface area contributed by atoms with Crippen molar-refractivity contribution in [1.29, 1.82) is 0 Å². The molecule has 0 bridgehead atoms. The fourth-order valence-electron chi connectivity index (χ4n) is 4.22. The molecule has 3 N–H and O–H groups in total. The van der Waals surface area contributed by atoms with Crippen LogP contribution in [0.3, 0.4) is 0 Å².